The van der Waals surface area contributed by atoms with Crippen LogP contribution in [0.2, 0.25) is 0 Å². The van der Waals surface area contributed by atoms with Crippen molar-refractivity contribution in [3.8, 4) is 0 Å². The number of hydrogen-bond donors (Lipinski definition) is 1. The average molecular weight is 219 g/mol. The Morgan fingerprint density at radius 2 is 1.93 bits per heavy atom. The number of nitrogens with zero attached hydrogens (tertiary/aromatic N) is 2. The summed E-state index contributed by atoms with van der Waals surface area (Å²) < 4.78 is 23.9. The van der Waals surface area contributed by atoms with E-state index in [0.29, 0.717) is 18.9 Å². The summed E-state index contributed by atoms with van der Waals surface area (Å²) in [5.74, 6) is 0.572. The molecule has 1 heterocycles. The maximum Gasteiger partial charge on any atom is 0.211 e. The van der Waals surface area contributed by atoms with Crippen LogP contribution < -0.4 is 5.73 Å². The lowest BCUT2D eigenvalue weighted by molar-refractivity contribution is 0.323. The van der Waals surface area contributed by atoms with Crippen LogP contribution in [0.4, 0.5) is 0 Å². The largest absolute Gasteiger partial charge is 0.388 e. The van der Waals surface area contributed by atoms with E-state index in [1.54, 1.807) is 6.92 Å². The van der Waals surface area contributed by atoms with Crippen LogP contribution in [-0.2, 0) is 10.0 Å². The zero-order valence-electron chi connectivity index (χ0n) is 8.60. The summed E-state index contributed by atoms with van der Waals surface area (Å²) >= 11 is 0. The minimum Gasteiger partial charge on any atom is -0.388 e. The monoisotopic (exact) mass is 219 g/mol. The van der Waals surface area contributed by atoms with E-state index >= 15 is 0 Å². The number of sulfonamides is 1. The van der Waals surface area contributed by atoms with Gasteiger partial charge in [0.2, 0.25) is 10.0 Å². The van der Waals surface area contributed by atoms with Crippen molar-refractivity contribution < 1.29 is 8.42 Å². The van der Waals surface area contributed by atoms with Crippen LogP contribution in [0.25, 0.3) is 0 Å². The van der Waals surface area contributed by atoms with Crippen LogP contribution in [0.1, 0.15) is 19.8 Å². The Morgan fingerprint density at radius 1 is 1.43 bits per heavy atom. The standard InChI is InChI=1S/C8H17N3O2S/c1-7(9)10-8-3-5-11(6-4-8)14(2,12)13/h8H,3-6H2,1-2H3,(H2,9,10). The first-order chi connectivity index (χ1) is 6.39. The minimum atomic E-state index is -3.02. The molecule has 2 N–H and O–H groups in total. The SMILES string of the molecule is CC(N)=NC1CCN(S(C)(=O)=O)CC1. The Hall–Kier alpha value is -0.620. The molecule has 0 spiro atoms. The molecule has 0 aliphatic carbocycles. The summed E-state index contributed by atoms with van der Waals surface area (Å²) in [6.07, 6.45) is 2.77. The van der Waals surface area contributed by atoms with Crippen molar-refractivity contribution in [1.82, 2.24) is 4.31 Å². The van der Waals surface area contributed by atoms with E-state index in [0.717, 1.165) is 12.8 Å². The second-order valence-corrected chi connectivity index (χ2v) is 5.65. The molecular formula is C8H17N3O2S. The second-order valence-electron chi connectivity index (χ2n) is 3.66. The van der Waals surface area contributed by atoms with E-state index in [9.17, 15) is 8.42 Å². The first-order valence-corrected chi connectivity index (χ1v) is 6.49. The third-order valence-corrected chi connectivity index (χ3v) is 3.58. The van der Waals surface area contributed by atoms with Crippen molar-refractivity contribution in [2.75, 3.05) is 19.3 Å². The Kier molecular flexibility index (Phi) is 3.49. The van der Waals surface area contributed by atoms with Gasteiger partial charge >= 0.3 is 0 Å². The highest BCUT2D eigenvalue weighted by molar-refractivity contribution is 7.88. The van der Waals surface area contributed by atoms with Gasteiger partial charge in [-0.3, -0.25) is 4.99 Å². The van der Waals surface area contributed by atoms with E-state index in [4.69, 9.17) is 5.73 Å². The molecule has 0 bridgehead atoms. The van der Waals surface area contributed by atoms with Gasteiger partial charge in [0.05, 0.1) is 18.1 Å². The molecule has 0 unspecified atom stereocenters. The molecule has 0 aromatic carbocycles. The second kappa shape index (κ2) is 4.27. The van der Waals surface area contributed by atoms with Gasteiger partial charge in [0.25, 0.3) is 0 Å². The summed E-state index contributed by atoms with van der Waals surface area (Å²) in [7, 11) is -3.02. The van der Waals surface area contributed by atoms with Crippen LogP contribution in [0.15, 0.2) is 4.99 Å². The summed E-state index contributed by atoms with van der Waals surface area (Å²) in [6, 6.07) is 0.193. The maximum absolute atomic E-state index is 11.2. The van der Waals surface area contributed by atoms with Crippen LogP contribution in [-0.4, -0.2) is 43.9 Å². The quantitative estimate of drug-likeness (QED) is 0.515. The highest BCUT2D eigenvalue weighted by Crippen LogP contribution is 2.15. The highest BCUT2D eigenvalue weighted by atomic mass is 32.2. The van der Waals surface area contributed by atoms with Crippen LogP contribution in [0, 0.1) is 0 Å². The van der Waals surface area contributed by atoms with Crippen molar-refractivity contribution in [3.63, 3.8) is 0 Å². The van der Waals surface area contributed by atoms with E-state index in [-0.39, 0.29) is 6.04 Å². The van der Waals surface area contributed by atoms with Crippen LogP contribution in [0.3, 0.4) is 0 Å². The minimum absolute atomic E-state index is 0.193. The zero-order valence-corrected chi connectivity index (χ0v) is 9.42. The normalized spacial score (nSPS) is 22.6. The van der Waals surface area contributed by atoms with Crippen LogP contribution >= 0.6 is 0 Å². The molecule has 1 aliphatic heterocycles. The molecule has 1 aliphatic rings. The van der Waals surface area contributed by atoms with Crippen LogP contribution in [0.5, 0.6) is 0 Å². The maximum atomic E-state index is 11.2. The summed E-state index contributed by atoms with van der Waals surface area (Å²) in [6.45, 7) is 2.86. The van der Waals surface area contributed by atoms with Gasteiger partial charge in [-0.05, 0) is 19.8 Å². The van der Waals surface area contributed by atoms with Crippen molar-refractivity contribution in [1.29, 1.82) is 0 Å². The number of rotatable bonds is 2. The fourth-order valence-corrected chi connectivity index (χ4v) is 2.47. The first-order valence-electron chi connectivity index (χ1n) is 4.64. The number of amidine groups is 1. The Labute approximate surface area is 85.0 Å². The van der Waals surface area contributed by atoms with E-state index < -0.39 is 10.0 Å². The van der Waals surface area contributed by atoms with Gasteiger partial charge < -0.3 is 5.73 Å². The van der Waals surface area contributed by atoms with Crippen molar-refractivity contribution >= 4 is 15.9 Å². The van der Waals surface area contributed by atoms with Crippen molar-refractivity contribution in [2.24, 2.45) is 10.7 Å². The molecule has 0 radical (unpaired) electrons. The van der Waals surface area contributed by atoms with Gasteiger partial charge in [0.15, 0.2) is 0 Å². The average Bonchev–Trinajstić information content (AvgIpc) is 2.02. The summed E-state index contributed by atoms with van der Waals surface area (Å²) in [5, 5.41) is 0. The molecular weight excluding hydrogens is 202 g/mol. The Bertz CT molecular complexity index is 311. The number of nitrogens with two attached hydrogens (primary N) is 1. The predicted octanol–water partition coefficient (Wildman–Crippen LogP) is -0.212. The van der Waals surface area contributed by atoms with Crippen molar-refractivity contribution in [3.05, 3.63) is 0 Å². The molecule has 1 saturated heterocycles. The number of aliphatic imine (C=N–C) groups is 1. The van der Waals surface area contributed by atoms with E-state index in [1.165, 1.54) is 10.6 Å². The first kappa shape index (κ1) is 11.5. The Balaban J connectivity index is 2.51. The summed E-state index contributed by atoms with van der Waals surface area (Å²) in [5.41, 5.74) is 5.46. The highest BCUT2D eigenvalue weighted by Gasteiger charge is 2.24. The molecule has 5 nitrogen and oxygen atoms in total. The third-order valence-electron chi connectivity index (χ3n) is 2.28. The van der Waals surface area contributed by atoms with Gasteiger partial charge in [0, 0.05) is 13.1 Å². The molecule has 0 amide bonds. The lowest BCUT2D eigenvalue weighted by Gasteiger charge is -2.28. The van der Waals surface area contributed by atoms with Crippen molar-refractivity contribution in [2.45, 2.75) is 25.8 Å². The van der Waals surface area contributed by atoms with E-state index in [1.807, 2.05) is 0 Å². The number of piperidine rings is 1. The lowest BCUT2D eigenvalue weighted by atomic mass is 10.1. The summed E-state index contributed by atoms with van der Waals surface area (Å²) in [4.78, 5) is 4.23. The predicted molar refractivity (Wildman–Crippen MR) is 56.7 cm³/mol. The molecule has 0 aromatic heterocycles. The smallest absolute Gasteiger partial charge is 0.211 e. The molecule has 1 rings (SSSR count). The molecule has 6 heteroatoms. The fourth-order valence-electron chi connectivity index (χ4n) is 1.59. The third kappa shape index (κ3) is 3.26. The van der Waals surface area contributed by atoms with E-state index in [2.05, 4.69) is 4.99 Å². The van der Waals surface area contributed by atoms with Gasteiger partial charge in [-0.2, -0.15) is 0 Å². The molecule has 0 saturated carbocycles. The van der Waals surface area contributed by atoms with Gasteiger partial charge in [-0.15, -0.1) is 0 Å². The zero-order chi connectivity index (χ0) is 10.8. The van der Waals surface area contributed by atoms with Gasteiger partial charge in [-0.25, -0.2) is 12.7 Å². The lowest BCUT2D eigenvalue weighted by Crippen LogP contribution is -2.39. The molecule has 0 aromatic rings. The van der Waals surface area contributed by atoms with Gasteiger partial charge in [0.1, 0.15) is 0 Å². The molecule has 82 valence electrons. The van der Waals surface area contributed by atoms with Gasteiger partial charge in [-0.1, -0.05) is 0 Å². The molecule has 0 atom stereocenters. The number of hydrogen-bond acceptors (Lipinski definition) is 3. The Morgan fingerprint density at radius 3 is 2.29 bits per heavy atom. The molecule has 14 heavy (non-hydrogen) atoms. The fraction of sp³-hybridized carbons (Fsp3) is 0.875. The molecule has 1 fully saturated rings. The topological polar surface area (TPSA) is 75.8 Å².